The van der Waals surface area contributed by atoms with Crippen LogP contribution in [0.1, 0.15) is 13.8 Å². The fourth-order valence-electron chi connectivity index (χ4n) is 2.88. The molecule has 0 saturated heterocycles. The fourth-order valence-corrected chi connectivity index (χ4v) is 3.71. The first kappa shape index (κ1) is 22.9. The summed E-state index contributed by atoms with van der Waals surface area (Å²) in [6.07, 6.45) is 0.610. The molecule has 1 aromatic carbocycles. The third-order valence-corrected chi connectivity index (χ3v) is 5.55. The van der Waals surface area contributed by atoms with Crippen LogP contribution in [0.2, 0.25) is 0 Å². The zero-order valence-corrected chi connectivity index (χ0v) is 19.0. The number of nitrogens with one attached hydrogen (secondary N) is 3. The molecule has 2 rings (SSSR count). The summed E-state index contributed by atoms with van der Waals surface area (Å²) >= 11 is 34.8. The Labute approximate surface area is 188 Å². The van der Waals surface area contributed by atoms with Crippen LogP contribution < -0.4 is 16.0 Å². The van der Waals surface area contributed by atoms with E-state index in [4.69, 9.17) is 70.2 Å². The number of alkyl halides is 3. The van der Waals surface area contributed by atoms with Gasteiger partial charge in [-0.15, -0.1) is 0 Å². The Morgan fingerprint density at radius 3 is 2.30 bits per heavy atom. The van der Waals surface area contributed by atoms with Gasteiger partial charge in [-0.1, -0.05) is 90.1 Å². The van der Waals surface area contributed by atoms with Crippen molar-refractivity contribution in [2.24, 2.45) is 17.3 Å². The van der Waals surface area contributed by atoms with Gasteiger partial charge in [0.2, 0.25) is 9.70 Å². The normalized spacial score (nSPS) is 21.6. The molecule has 3 atom stereocenters. The van der Waals surface area contributed by atoms with Gasteiger partial charge >= 0.3 is 0 Å². The minimum atomic E-state index is -1.83. The average Bonchev–Trinajstić information content (AvgIpc) is 3.06. The van der Waals surface area contributed by atoms with Crippen molar-refractivity contribution in [1.29, 1.82) is 0 Å². The Balaban J connectivity index is 2.04. The molecule has 0 bridgehead atoms. The number of amides is 1. The summed E-state index contributed by atoms with van der Waals surface area (Å²) in [4.78, 5) is 12.7. The highest BCUT2D eigenvalue weighted by Crippen LogP contribution is 2.59. The van der Waals surface area contributed by atoms with Crippen molar-refractivity contribution in [2.45, 2.75) is 23.8 Å². The molecular weight excluding hydrogens is 472 g/mol. The lowest BCUT2D eigenvalue weighted by Crippen LogP contribution is -2.56. The van der Waals surface area contributed by atoms with Crippen LogP contribution in [0, 0.1) is 17.3 Å². The molecule has 0 aromatic heterocycles. The molecule has 1 saturated carbocycles. The monoisotopic (exact) mass is 487 g/mol. The standard InChI is InChI=1S/C17H18Cl5N3OS/c1-16(2)10(8-11(18)19)12(16)13(26)24-14(17(20,21)22)25-15(27)23-9-6-4-3-5-7-9/h3-8,10,12,14H,1-2H3,(H,24,26)(H2,23,25,27)/t10-,12-,14+/m1/s1. The highest BCUT2D eigenvalue weighted by atomic mass is 35.6. The maximum Gasteiger partial charge on any atom is 0.228 e. The first-order valence-electron chi connectivity index (χ1n) is 7.95. The van der Waals surface area contributed by atoms with Crippen LogP contribution in [0.4, 0.5) is 5.69 Å². The molecule has 0 spiro atoms. The van der Waals surface area contributed by atoms with Gasteiger partial charge in [0, 0.05) is 5.69 Å². The largest absolute Gasteiger partial charge is 0.339 e. The van der Waals surface area contributed by atoms with Crippen molar-refractivity contribution < 1.29 is 4.79 Å². The van der Waals surface area contributed by atoms with Crippen LogP contribution in [-0.2, 0) is 4.79 Å². The summed E-state index contributed by atoms with van der Waals surface area (Å²) in [6.45, 7) is 3.88. The smallest absolute Gasteiger partial charge is 0.228 e. The first-order valence-corrected chi connectivity index (χ1v) is 10.2. The predicted molar refractivity (Wildman–Crippen MR) is 119 cm³/mol. The number of halogens is 5. The zero-order valence-electron chi connectivity index (χ0n) is 14.4. The van der Waals surface area contributed by atoms with Crippen LogP contribution in [-0.4, -0.2) is 21.0 Å². The van der Waals surface area contributed by atoms with E-state index in [0.717, 1.165) is 5.69 Å². The van der Waals surface area contributed by atoms with Crippen LogP contribution in [0.25, 0.3) is 0 Å². The van der Waals surface area contributed by atoms with Gasteiger partial charge in [-0.25, -0.2) is 0 Å². The molecule has 0 unspecified atom stereocenters. The van der Waals surface area contributed by atoms with Crippen molar-refractivity contribution >= 4 is 86.9 Å². The van der Waals surface area contributed by atoms with Gasteiger partial charge in [0.25, 0.3) is 0 Å². The van der Waals surface area contributed by atoms with Gasteiger partial charge in [0.1, 0.15) is 10.7 Å². The molecule has 1 aliphatic carbocycles. The van der Waals surface area contributed by atoms with Crippen molar-refractivity contribution in [3.05, 3.63) is 40.9 Å². The Bertz CT molecular complexity index is 732. The average molecular weight is 490 g/mol. The van der Waals surface area contributed by atoms with Gasteiger partial charge in [0.05, 0.1) is 5.92 Å². The molecule has 1 fully saturated rings. The quantitative estimate of drug-likeness (QED) is 0.295. The van der Waals surface area contributed by atoms with E-state index in [1.54, 1.807) is 6.08 Å². The van der Waals surface area contributed by atoms with E-state index < -0.39 is 9.96 Å². The van der Waals surface area contributed by atoms with Crippen LogP contribution in [0.3, 0.4) is 0 Å². The molecule has 1 aliphatic rings. The van der Waals surface area contributed by atoms with E-state index in [1.165, 1.54) is 0 Å². The molecule has 0 radical (unpaired) electrons. The van der Waals surface area contributed by atoms with Gasteiger partial charge in [0.15, 0.2) is 5.11 Å². The minimum absolute atomic E-state index is 0.104. The second-order valence-corrected chi connectivity index (χ2v) is 10.5. The van der Waals surface area contributed by atoms with Gasteiger partial charge in [-0.3, -0.25) is 4.79 Å². The van der Waals surface area contributed by atoms with Crippen molar-refractivity contribution in [3.63, 3.8) is 0 Å². The number of carbonyl (C=O) groups is 1. The number of carbonyl (C=O) groups excluding carboxylic acids is 1. The highest BCUT2D eigenvalue weighted by molar-refractivity contribution is 7.80. The highest BCUT2D eigenvalue weighted by Gasteiger charge is 2.61. The van der Waals surface area contributed by atoms with E-state index in [0.29, 0.717) is 0 Å². The number of benzene rings is 1. The van der Waals surface area contributed by atoms with E-state index >= 15 is 0 Å². The first-order chi connectivity index (χ1) is 12.4. The lowest BCUT2D eigenvalue weighted by Gasteiger charge is -2.28. The minimum Gasteiger partial charge on any atom is -0.339 e. The number of thiocarbonyl (C=S) groups is 1. The second-order valence-electron chi connectivity index (χ2n) is 6.73. The molecule has 0 heterocycles. The number of anilines is 1. The number of hydrogen-bond donors (Lipinski definition) is 3. The number of hydrogen-bond acceptors (Lipinski definition) is 2. The fraction of sp³-hybridized carbons (Fsp3) is 0.412. The van der Waals surface area contributed by atoms with E-state index in [1.807, 2.05) is 44.2 Å². The zero-order chi connectivity index (χ0) is 20.4. The summed E-state index contributed by atoms with van der Waals surface area (Å²) in [7, 11) is 0. The number of allylic oxidation sites excluding steroid dienone is 1. The third-order valence-electron chi connectivity index (χ3n) is 4.42. The van der Waals surface area contributed by atoms with E-state index in [2.05, 4.69) is 16.0 Å². The Kier molecular flexibility index (Phi) is 7.56. The Morgan fingerprint density at radius 2 is 1.78 bits per heavy atom. The molecule has 148 valence electrons. The maximum atomic E-state index is 12.7. The molecular formula is C17H18Cl5N3OS. The van der Waals surface area contributed by atoms with Gasteiger partial charge in [-0.2, -0.15) is 0 Å². The molecule has 27 heavy (non-hydrogen) atoms. The van der Waals surface area contributed by atoms with Crippen LogP contribution >= 0.6 is 70.2 Å². The molecule has 1 aromatic rings. The molecule has 1 amide bonds. The van der Waals surface area contributed by atoms with Crippen LogP contribution in [0.15, 0.2) is 40.9 Å². The second kappa shape index (κ2) is 8.93. The van der Waals surface area contributed by atoms with Crippen molar-refractivity contribution in [2.75, 3.05) is 5.32 Å². The summed E-state index contributed by atoms with van der Waals surface area (Å²) in [6, 6.07) is 9.24. The lowest BCUT2D eigenvalue weighted by atomic mass is 10.1. The van der Waals surface area contributed by atoms with Crippen molar-refractivity contribution in [1.82, 2.24) is 10.6 Å². The molecule has 3 N–H and O–H groups in total. The predicted octanol–water partition coefficient (Wildman–Crippen LogP) is 5.38. The topological polar surface area (TPSA) is 53.2 Å². The van der Waals surface area contributed by atoms with E-state index in [-0.39, 0.29) is 32.8 Å². The summed E-state index contributed by atoms with van der Waals surface area (Å²) < 4.78 is -1.71. The lowest BCUT2D eigenvalue weighted by molar-refractivity contribution is -0.123. The molecule has 10 heteroatoms. The number of para-hydroxylation sites is 1. The molecule has 4 nitrogen and oxygen atoms in total. The van der Waals surface area contributed by atoms with Gasteiger partial charge in [-0.05, 0) is 41.8 Å². The Morgan fingerprint density at radius 1 is 1.19 bits per heavy atom. The SMILES string of the molecule is CC1(C)[C@H](C=C(Cl)Cl)[C@@H]1C(=O)N[C@@H](NC(=S)Nc1ccccc1)C(Cl)(Cl)Cl. The summed E-state index contributed by atoms with van der Waals surface area (Å²) in [5, 5.41) is 8.70. The Hall–Kier alpha value is -0.430. The van der Waals surface area contributed by atoms with Gasteiger partial charge < -0.3 is 16.0 Å². The van der Waals surface area contributed by atoms with Crippen LogP contribution in [0.5, 0.6) is 0 Å². The van der Waals surface area contributed by atoms with Crippen molar-refractivity contribution in [3.8, 4) is 0 Å². The molecule has 0 aliphatic heterocycles. The number of rotatable bonds is 5. The maximum absolute atomic E-state index is 12.7. The summed E-state index contributed by atoms with van der Waals surface area (Å²) in [5.74, 6) is -0.743. The van der Waals surface area contributed by atoms with E-state index in [9.17, 15) is 4.79 Å². The third kappa shape index (κ3) is 6.28. The summed E-state index contributed by atoms with van der Waals surface area (Å²) in [5.41, 5.74) is 0.453.